The molecule has 1 N–H and O–H groups in total. The Labute approximate surface area is 182 Å². The zero-order chi connectivity index (χ0) is 21.4. The number of carbonyl (C=O) groups excluding carboxylic acids is 2. The topological polar surface area (TPSA) is 67.2 Å². The van der Waals surface area contributed by atoms with E-state index in [0.29, 0.717) is 30.5 Å². The Morgan fingerprint density at radius 1 is 1.10 bits per heavy atom. The second-order valence-electron chi connectivity index (χ2n) is 8.53. The van der Waals surface area contributed by atoms with Crippen LogP contribution < -0.4 is 10.2 Å². The monoisotopic (exact) mass is 416 g/mol. The van der Waals surface area contributed by atoms with Gasteiger partial charge in [-0.1, -0.05) is 38.3 Å². The lowest BCUT2D eigenvalue weighted by molar-refractivity contribution is -0.118. The second-order valence-corrected chi connectivity index (χ2v) is 8.53. The molecule has 1 saturated carbocycles. The lowest BCUT2D eigenvalue weighted by atomic mass is 9.95. The summed E-state index contributed by atoms with van der Waals surface area (Å²) in [5, 5.41) is 3.08. The molecular weight excluding hydrogens is 388 g/mol. The molecule has 1 aromatic heterocycles. The normalized spacial score (nSPS) is 16.5. The van der Waals surface area contributed by atoms with Crippen LogP contribution in [0.1, 0.15) is 67.4 Å². The van der Waals surface area contributed by atoms with Crippen molar-refractivity contribution >= 4 is 34.5 Å². The lowest BCUT2D eigenvalue weighted by Crippen LogP contribution is -2.27. The van der Waals surface area contributed by atoms with Gasteiger partial charge >= 0.3 is 0 Å². The zero-order valence-electron chi connectivity index (χ0n) is 17.9. The van der Waals surface area contributed by atoms with E-state index in [9.17, 15) is 9.59 Å². The van der Waals surface area contributed by atoms with Crippen molar-refractivity contribution in [3.8, 4) is 0 Å². The fourth-order valence-corrected chi connectivity index (χ4v) is 5.01. The summed E-state index contributed by atoms with van der Waals surface area (Å²) >= 11 is 0. The maximum atomic E-state index is 13.2. The van der Waals surface area contributed by atoms with Crippen LogP contribution in [0, 0.1) is 0 Å². The third kappa shape index (κ3) is 3.60. The van der Waals surface area contributed by atoms with Crippen LogP contribution in [-0.4, -0.2) is 27.9 Å². The lowest BCUT2D eigenvalue weighted by Gasteiger charge is -2.25. The van der Waals surface area contributed by atoms with Gasteiger partial charge in [0.15, 0.2) is 0 Å². The number of fused-ring (bicyclic) bond motifs is 2. The molecule has 0 spiro atoms. The number of imidazole rings is 1. The number of anilines is 2. The smallest absolute Gasteiger partial charge is 0.257 e. The largest absolute Gasteiger partial charge is 0.312 e. The molecule has 6 heteroatoms. The molecule has 2 aromatic carbocycles. The number of nitrogens with one attached hydrogen (secondary N) is 1. The van der Waals surface area contributed by atoms with E-state index in [1.165, 1.54) is 19.3 Å². The Kier molecular flexibility index (Phi) is 5.22. The molecule has 2 amide bonds. The highest BCUT2D eigenvalue weighted by Crippen LogP contribution is 2.35. The highest BCUT2D eigenvalue weighted by atomic mass is 16.2. The number of hydrogen-bond acceptors (Lipinski definition) is 3. The van der Waals surface area contributed by atoms with Gasteiger partial charge in [-0.15, -0.1) is 0 Å². The highest BCUT2D eigenvalue weighted by molar-refractivity contribution is 6.05. The van der Waals surface area contributed by atoms with Crippen molar-refractivity contribution in [2.45, 2.75) is 57.9 Å². The molecular formula is C25H28N4O2. The summed E-state index contributed by atoms with van der Waals surface area (Å²) in [6.07, 6.45) is 7.19. The summed E-state index contributed by atoms with van der Waals surface area (Å²) < 4.78 is 2.22. The number of benzene rings is 2. The standard InChI is InChI=1S/C25H28N4O2/c1-2-23(30)28-15-14-17-16-18(12-13-21(17)28)24(31)27-25-26-20-10-6-7-11-22(20)29(25)19-8-4-3-5-9-19/h6-7,10-13,16,19H,2-5,8-9,14-15H2,1H3,(H,26,27,31). The minimum Gasteiger partial charge on any atom is -0.312 e. The predicted octanol–water partition coefficient (Wildman–Crippen LogP) is 5.09. The van der Waals surface area contributed by atoms with Crippen LogP contribution in [-0.2, 0) is 11.2 Å². The Morgan fingerprint density at radius 2 is 1.90 bits per heavy atom. The highest BCUT2D eigenvalue weighted by Gasteiger charge is 2.26. The van der Waals surface area contributed by atoms with Gasteiger partial charge in [0.25, 0.3) is 5.91 Å². The predicted molar refractivity (Wildman–Crippen MR) is 123 cm³/mol. The summed E-state index contributed by atoms with van der Waals surface area (Å²) in [6.45, 7) is 2.56. The molecule has 0 atom stereocenters. The summed E-state index contributed by atoms with van der Waals surface area (Å²) in [7, 11) is 0. The first-order valence-corrected chi connectivity index (χ1v) is 11.4. The maximum Gasteiger partial charge on any atom is 0.257 e. The number of nitrogens with zero attached hydrogens (tertiary/aromatic N) is 3. The van der Waals surface area contributed by atoms with Crippen molar-refractivity contribution in [3.05, 3.63) is 53.6 Å². The Bertz CT molecular complexity index is 1140. The van der Waals surface area contributed by atoms with E-state index in [1.54, 1.807) is 0 Å². The molecule has 0 bridgehead atoms. The SMILES string of the molecule is CCC(=O)N1CCc2cc(C(=O)Nc3nc4ccccc4n3C3CCCCC3)ccc21. The second kappa shape index (κ2) is 8.17. The zero-order valence-corrected chi connectivity index (χ0v) is 17.9. The maximum absolute atomic E-state index is 13.2. The van der Waals surface area contributed by atoms with E-state index in [4.69, 9.17) is 4.98 Å². The quantitative estimate of drug-likeness (QED) is 0.644. The van der Waals surface area contributed by atoms with Crippen LogP contribution in [0.2, 0.25) is 0 Å². The van der Waals surface area contributed by atoms with Crippen LogP contribution >= 0.6 is 0 Å². The third-order valence-corrected chi connectivity index (χ3v) is 6.60. The van der Waals surface area contributed by atoms with Crippen molar-refractivity contribution in [3.63, 3.8) is 0 Å². The van der Waals surface area contributed by atoms with E-state index < -0.39 is 0 Å². The first-order valence-electron chi connectivity index (χ1n) is 11.4. The minimum atomic E-state index is -0.157. The summed E-state index contributed by atoms with van der Waals surface area (Å²) in [6, 6.07) is 14.1. The van der Waals surface area contributed by atoms with E-state index in [0.717, 1.165) is 41.5 Å². The first kappa shape index (κ1) is 19.8. The molecule has 160 valence electrons. The molecule has 1 aliphatic carbocycles. The van der Waals surface area contributed by atoms with Gasteiger partial charge in [0.05, 0.1) is 11.0 Å². The van der Waals surface area contributed by atoms with Crippen molar-refractivity contribution in [1.29, 1.82) is 0 Å². The van der Waals surface area contributed by atoms with Crippen LogP contribution in [0.3, 0.4) is 0 Å². The molecule has 3 aromatic rings. The van der Waals surface area contributed by atoms with E-state index in [-0.39, 0.29) is 11.8 Å². The molecule has 5 rings (SSSR count). The molecule has 1 aliphatic heterocycles. The summed E-state index contributed by atoms with van der Waals surface area (Å²) in [5.74, 6) is 0.592. The molecule has 2 heterocycles. The van der Waals surface area contributed by atoms with Crippen molar-refractivity contribution in [2.24, 2.45) is 0 Å². The van der Waals surface area contributed by atoms with Gasteiger partial charge in [0, 0.05) is 30.3 Å². The first-order chi connectivity index (χ1) is 15.2. The van der Waals surface area contributed by atoms with Gasteiger partial charge in [0.2, 0.25) is 11.9 Å². The molecule has 0 unspecified atom stereocenters. The molecule has 1 fully saturated rings. The van der Waals surface area contributed by atoms with E-state index in [2.05, 4.69) is 16.0 Å². The van der Waals surface area contributed by atoms with Crippen LogP contribution in [0.5, 0.6) is 0 Å². The van der Waals surface area contributed by atoms with Gasteiger partial charge in [0.1, 0.15) is 0 Å². The van der Waals surface area contributed by atoms with Crippen molar-refractivity contribution in [1.82, 2.24) is 9.55 Å². The number of aromatic nitrogens is 2. The third-order valence-electron chi connectivity index (χ3n) is 6.60. The van der Waals surface area contributed by atoms with Gasteiger partial charge in [-0.2, -0.15) is 0 Å². The van der Waals surface area contributed by atoms with Crippen LogP contribution in [0.15, 0.2) is 42.5 Å². The number of carbonyl (C=O) groups is 2. The molecule has 31 heavy (non-hydrogen) atoms. The summed E-state index contributed by atoms with van der Waals surface area (Å²) in [4.78, 5) is 31.9. The Balaban J connectivity index is 1.44. The van der Waals surface area contributed by atoms with Crippen LogP contribution in [0.25, 0.3) is 11.0 Å². The average Bonchev–Trinajstić information content (AvgIpc) is 3.39. The summed E-state index contributed by atoms with van der Waals surface area (Å²) in [5.41, 5.74) is 4.57. The minimum absolute atomic E-state index is 0.122. The Hall–Kier alpha value is -3.15. The molecule has 0 saturated heterocycles. The van der Waals surface area contributed by atoms with Crippen molar-refractivity contribution in [2.75, 3.05) is 16.8 Å². The van der Waals surface area contributed by atoms with Crippen molar-refractivity contribution < 1.29 is 9.59 Å². The van der Waals surface area contributed by atoms with Gasteiger partial charge in [-0.3, -0.25) is 14.9 Å². The molecule has 0 radical (unpaired) electrons. The van der Waals surface area contributed by atoms with Gasteiger partial charge in [-0.25, -0.2) is 4.98 Å². The van der Waals surface area contributed by atoms with E-state index >= 15 is 0 Å². The fraction of sp³-hybridized carbons (Fsp3) is 0.400. The van der Waals surface area contributed by atoms with Crippen LogP contribution in [0.4, 0.5) is 11.6 Å². The Morgan fingerprint density at radius 3 is 2.71 bits per heavy atom. The number of amides is 2. The fourth-order valence-electron chi connectivity index (χ4n) is 5.01. The number of rotatable bonds is 4. The van der Waals surface area contributed by atoms with E-state index in [1.807, 2.05) is 48.2 Å². The van der Waals surface area contributed by atoms with Gasteiger partial charge in [-0.05, 0) is 55.2 Å². The molecule has 2 aliphatic rings. The van der Waals surface area contributed by atoms with Gasteiger partial charge < -0.3 is 9.47 Å². The average molecular weight is 417 g/mol. The number of para-hydroxylation sites is 2. The molecule has 6 nitrogen and oxygen atoms in total. The number of hydrogen-bond donors (Lipinski definition) is 1.